The van der Waals surface area contributed by atoms with Crippen LogP contribution in [0.4, 0.5) is 10.5 Å². The molecular formula is C19H29N3O5S. The van der Waals surface area contributed by atoms with Gasteiger partial charge in [0.1, 0.15) is 5.60 Å². The summed E-state index contributed by atoms with van der Waals surface area (Å²) in [7, 11) is -3.35. The molecular weight excluding hydrogens is 382 g/mol. The van der Waals surface area contributed by atoms with Crippen LogP contribution in [-0.2, 0) is 26.1 Å². The van der Waals surface area contributed by atoms with Crippen molar-refractivity contribution < 1.29 is 22.7 Å². The number of sulfonamides is 1. The summed E-state index contributed by atoms with van der Waals surface area (Å²) in [5.41, 5.74) is 0.722. The van der Waals surface area contributed by atoms with E-state index in [0.717, 1.165) is 11.8 Å². The Morgan fingerprint density at radius 1 is 1.21 bits per heavy atom. The topological polar surface area (TPSA) is 105 Å². The number of hydrogen-bond acceptors (Lipinski definition) is 5. The van der Waals surface area contributed by atoms with Gasteiger partial charge in [0.05, 0.1) is 6.26 Å². The van der Waals surface area contributed by atoms with Gasteiger partial charge < -0.3 is 15.0 Å². The zero-order valence-electron chi connectivity index (χ0n) is 16.8. The van der Waals surface area contributed by atoms with Crippen LogP contribution in [0.5, 0.6) is 0 Å². The van der Waals surface area contributed by atoms with Gasteiger partial charge in [-0.3, -0.25) is 9.52 Å². The highest BCUT2D eigenvalue weighted by Gasteiger charge is 2.29. The molecule has 2 N–H and O–H groups in total. The lowest BCUT2D eigenvalue weighted by Crippen LogP contribution is -2.44. The first-order chi connectivity index (χ1) is 12.9. The fourth-order valence-electron chi connectivity index (χ4n) is 2.94. The SMILES string of the molecule is CC(C)(C)OC(=O)N1CCC(C(=O)NCc2cccc(NS(C)(=O)=O)c2)CC1. The zero-order valence-corrected chi connectivity index (χ0v) is 17.6. The van der Waals surface area contributed by atoms with Crippen LogP contribution in [0.1, 0.15) is 39.2 Å². The van der Waals surface area contributed by atoms with Crippen LogP contribution >= 0.6 is 0 Å². The lowest BCUT2D eigenvalue weighted by Gasteiger charge is -2.32. The molecule has 28 heavy (non-hydrogen) atoms. The van der Waals surface area contributed by atoms with Crippen LogP contribution in [0.25, 0.3) is 0 Å². The summed E-state index contributed by atoms with van der Waals surface area (Å²) in [5.74, 6) is -0.221. The Labute approximate surface area is 166 Å². The lowest BCUT2D eigenvalue weighted by atomic mass is 9.96. The van der Waals surface area contributed by atoms with E-state index in [0.29, 0.717) is 38.2 Å². The molecule has 0 radical (unpaired) electrons. The minimum Gasteiger partial charge on any atom is -0.444 e. The molecule has 0 aromatic heterocycles. The van der Waals surface area contributed by atoms with Gasteiger partial charge in [-0.1, -0.05) is 12.1 Å². The number of ether oxygens (including phenoxy) is 1. The number of hydrogen-bond donors (Lipinski definition) is 2. The predicted molar refractivity (Wildman–Crippen MR) is 107 cm³/mol. The number of carbonyl (C=O) groups is 2. The van der Waals surface area contributed by atoms with E-state index in [-0.39, 0.29) is 17.9 Å². The first kappa shape index (κ1) is 22.0. The van der Waals surface area contributed by atoms with Gasteiger partial charge in [0.2, 0.25) is 15.9 Å². The number of rotatable bonds is 5. The Bertz CT molecular complexity index is 809. The molecule has 1 aromatic rings. The second kappa shape index (κ2) is 8.81. The average Bonchev–Trinajstić information content (AvgIpc) is 2.57. The normalized spacial score (nSPS) is 15.8. The van der Waals surface area contributed by atoms with Gasteiger partial charge in [0.25, 0.3) is 0 Å². The fraction of sp³-hybridized carbons (Fsp3) is 0.579. The number of likely N-dealkylation sites (tertiary alicyclic amines) is 1. The Hall–Kier alpha value is -2.29. The maximum atomic E-state index is 12.4. The van der Waals surface area contributed by atoms with Crippen molar-refractivity contribution in [3.05, 3.63) is 29.8 Å². The molecule has 0 saturated carbocycles. The van der Waals surface area contributed by atoms with Gasteiger partial charge in [-0.15, -0.1) is 0 Å². The molecule has 1 saturated heterocycles. The maximum absolute atomic E-state index is 12.4. The van der Waals surface area contributed by atoms with Crippen molar-refractivity contribution in [3.8, 4) is 0 Å². The molecule has 0 bridgehead atoms. The number of piperidine rings is 1. The quantitative estimate of drug-likeness (QED) is 0.774. The van der Waals surface area contributed by atoms with E-state index in [9.17, 15) is 18.0 Å². The first-order valence-electron chi connectivity index (χ1n) is 9.25. The fourth-order valence-corrected chi connectivity index (χ4v) is 3.50. The van der Waals surface area contributed by atoms with Crippen LogP contribution in [0.15, 0.2) is 24.3 Å². The molecule has 9 heteroatoms. The highest BCUT2D eigenvalue weighted by atomic mass is 32.2. The van der Waals surface area contributed by atoms with Crippen molar-refractivity contribution in [3.63, 3.8) is 0 Å². The Morgan fingerprint density at radius 2 is 1.86 bits per heavy atom. The van der Waals surface area contributed by atoms with Gasteiger partial charge in [-0.25, -0.2) is 13.2 Å². The highest BCUT2D eigenvalue weighted by molar-refractivity contribution is 7.92. The lowest BCUT2D eigenvalue weighted by molar-refractivity contribution is -0.126. The van der Waals surface area contributed by atoms with Crippen LogP contribution in [0.2, 0.25) is 0 Å². The number of carbonyl (C=O) groups excluding carboxylic acids is 2. The van der Waals surface area contributed by atoms with Crippen molar-refractivity contribution in [1.82, 2.24) is 10.2 Å². The number of nitrogens with zero attached hydrogens (tertiary/aromatic N) is 1. The minimum absolute atomic E-state index is 0.0645. The third-order valence-electron chi connectivity index (χ3n) is 4.21. The molecule has 1 fully saturated rings. The van der Waals surface area contributed by atoms with Crippen molar-refractivity contribution >= 4 is 27.7 Å². The zero-order chi connectivity index (χ0) is 20.9. The minimum atomic E-state index is -3.35. The third-order valence-corrected chi connectivity index (χ3v) is 4.82. The molecule has 2 rings (SSSR count). The van der Waals surface area contributed by atoms with Crippen LogP contribution in [0.3, 0.4) is 0 Å². The van der Waals surface area contributed by atoms with Crippen molar-refractivity contribution in [1.29, 1.82) is 0 Å². The average molecular weight is 412 g/mol. The Balaban J connectivity index is 1.82. The van der Waals surface area contributed by atoms with E-state index in [1.165, 1.54) is 0 Å². The summed E-state index contributed by atoms with van der Waals surface area (Å²) in [6.07, 6.45) is 1.91. The van der Waals surface area contributed by atoms with E-state index < -0.39 is 15.6 Å². The second-order valence-corrected chi connectivity index (χ2v) is 9.78. The molecule has 1 aliphatic rings. The monoisotopic (exact) mass is 411 g/mol. The number of anilines is 1. The summed E-state index contributed by atoms with van der Waals surface area (Å²) in [6.45, 7) is 6.76. The van der Waals surface area contributed by atoms with Crippen LogP contribution in [-0.4, -0.2) is 50.3 Å². The molecule has 1 heterocycles. The maximum Gasteiger partial charge on any atom is 0.410 e. The summed E-state index contributed by atoms with van der Waals surface area (Å²) in [5, 5.41) is 2.89. The summed E-state index contributed by atoms with van der Waals surface area (Å²) >= 11 is 0. The molecule has 0 spiro atoms. The smallest absolute Gasteiger partial charge is 0.410 e. The summed E-state index contributed by atoms with van der Waals surface area (Å²) < 4.78 is 30.4. The standard InChI is InChI=1S/C19H29N3O5S/c1-19(2,3)27-18(24)22-10-8-15(9-11-22)17(23)20-13-14-6-5-7-16(12-14)21-28(4,25)26/h5-7,12,15,21H,8-11,13H2,1-4H3,(H,20,23). The van der Waals surface area contributed by atoms with E-state index in [1.807, 2.05) is 26.8 Å². The van der Waals surface area contributed by atoms with E-state index >= 15 is 0 Å². The summed E-state index contributed by atoms with van der Waals surface area (Å²) in [4.78, 5) is 26.2. The van der Waals surface area contributed by atoms with Crippen molar-refractivity contribution in [2.75, 3.05) is 24.1 Å². The Kier molecular flexibility index (Phi) is 6.92. The van der Waals surface area contributed by atoms with Gasteiger partial charge in [-0.05, 0) is 51.3 Å². The van der Waals surface area contributed by atoms with E-state index in [4.69, 9.17) is 4.74 Å². The van der Waals surface area contributed by atoms with E-state index in [2.05, 4.69) is 10.0 Å². The predicted octanol–water partition coefficient (Wildman–Crippen LogP) is 2.32. The Morgan fingerprint density at radius 3 is 2.43 bits per heavy atom. The molecule has 0 atom stereocenters. The highest BCUT2D eigenvalue weighted by Crippen LogP contribution is 2.20. The number of benzene rings is 1. The van der Waals surface area contributed by atoms with Gasteiger partial charge >= 0.3 is 6.09 Å². The number of amides is 2. The molecule has 8 nitrogen and oxygen atoms in total. The van der Waals surface area contributed by atoms with Crippen molar-refractivity contribution in [2.45, 2.75) is 45.8 Å². The molecule has 156 valence electrons. The molecule has 2 amide bonds. The number of nitrogens with one attached hydrogen (secondary N) is 2. The molecule has 1 aromatic carbocycles. The molecule has 0 aliphatic carbocycles. The van der Waals surface area contributed by atoms with Gasteiger partial charge in [0.15, 0.2) is 0 Å². The van der Waals surface area contributed by atoms with Gasteiger partial charge in [-0.2, -0.15) is 0 Å². The molecule has 1 aliphatic heterocycles. The van der Waals surface area contributed by atoms with Crippen molar-refractivity contribution in [2.24, 2.45) is 5.92 Å². The third kappa shape index (κ3) is 7.38. The summed E-state index contributed by atoms with van der Waals surface area (Å²) in [6, 6.07) is 6.89. The molecule has 0 unspecified atom stereocenters. The largest absolute Gasteiger partial charge is 0.444 e. The van der Waals surface area contributed by atoms with Crippen LogP contribution < -0.4 is 10.0 Å². The van der Waals surface area contributed by atoms with Crippen LogP contribution in [0, 0.1) is 5.92 Å². The first-order valence-corrected chi connectivity index (χ1v) is 11.1. The van der Waals surface area contributed by atoms with Gasteiger partial charge in [0, 0.05) is 31.2 Å². The van der Waals surface area contributed by atoms with E-state index in [1.54, 1.807) is 23.1 Å². The second-order valence-electron chi connectivity index (χ2n) is 8.03.